The van der Waals surface area contributed by atoms with Crippen LogP contribution in [-0.4, -0.2) is 44.8 Å². The van der Waals surface area contributed by atoms with Gasteiger partial charge in [0.2, 0.25) is 0 Å². The number of anilines is 2. The van der Waals surface area contributed by atoms with Crippen molar-refractivity contribution in [2.24, 2.45) is 5.92 Å². The predicted octanol–water partition coefficient (Wildman–Crippen LogP) is 3.83. The van der Waals surface area contributed by atoms with Gasteiger partial charge < -0.3 is 15.2 Å². The molecule has 2 N–H and O–H groups in total. The molecular weight excluding hydrogens is 423 g/mol. The summed E-state index contributed by atoms with van der Waals surface area (Å²) in [5.41, 5.74) is 2.40. The summed E-state index contributed by atoms with van der Waals surface area (Å²) in [5.74, 6) is 0.629. The number of fused-ring (bicyclic) bond motifs is 1. The Balaban J connectivity index is 1.47. The van der Waals surface area contributed by atoms with Gasteiger partial charge in [-0.05, 0) is 61.9 Å². The van der Waals surface area contributed by atoms with Gasteiger partial charge in [0.15, 0.2) is 5.82 Å². The van der Waals surface area contributed by atoms with E-state index >= 15 is 0 Å². The number of aromatic nitrogens is 3. The maximum absolute atomic E-state index is 13.5. The molecule has 0 unspecified atom stereocenters. The van der Waals surface area contributed by atoms with Crippen molar-refractivity contribution in [3.05, 3.63) is 51.9 Å². The predicted molar refractivity (Wildman–Crippen MR) is 122 cm³/mol. The normalized spacial score (nSPS) is 18.9. The van der Waals surface area contributed by atoms with E-state index in [1.165, 1.54) is 0 Å². The second-order valence-corrected chi connectivity index (χ2v) is 8.92. The molecular formula is C24H25FN6O2. The maximum atomic E-state index is 13.5. The highest BCUT2D eigenvalue weighted by Crippen LogP contribution is 2.43. The van der Waals surface area contributed by atoms with Crippen LogP contribution in [0.3, 0.4) is 0 Å². The van der Waals surface area contributed by atoms with Crippen LogP contribution in [0.1, 0.15) is 47.6 Å². The lowest BCUT2D eigenvalue weighted by Crippen LogP contribution is -2.29. The van der Waals surface area contributed by atoms with Crippen LogP contribution in [0.25, 0.3) is 10.9 Å². The van der Waals surface area contributed by atoms with Crippen LogP contribution in [0.5, 0.6) is 0 Å². The summed E-state index contributed by atoms with van der Waals surface area (Å²) in [5, 5.41) is 17.7. The standard InChI is InChI=1S/C24H25FN6O2/c1-14-12-17(4-5-18(14)24(33)30-11-8-16(25)13-30)28-22-21-20(7-10-27-23(21)32)31(29-22)19(6-9-26)15-2-3-15/h4-5,7,10,12,15-16,19H,2-3,6,8,11,13H2,1H3,(H,27,32)(H,28,29)/t16-,19-/m0/s1. The van der Waals surface area contributed by atoms with Crippen LogP contribution in [0.15, 0.2) is 35.3 Å². The topological polar surface area (TPSA) is 107 Å². The van der Waals surface area contributed by atoms with E-state index in [0.29, 0.717) is 53.3 Å². The molecule has 9 heteroatoms. The van der Waals surface area contributed by atoms with Gasteiger partial charge in [-0.2, -0.15) is 10.4 Å². The first-order chi connectivity index (χ1) is 16.0. The number of hydrogen-bond donors (Lipinski definition) is 2. The number of halogens is 1. The lowest BCUT2D eigenvalue weighted by Gasteiger charge is -2.17. The SMILES string of the molecule is Cc1cc(Nc2nn([C@@H](CC#N)C3CC3)c3cc[nH]c(=O)c23)ccc1C(=O)N1CC[C@H](F)C1. The molecule has 1 aliphatic heterocycles. The second kappa shape index (κ2) is 8.35. The smallest absolute Gasteiger partial charge is 0.261 e. The zero-order valence-electron chi connectivity index (χ0n) is 18.3. The molecule has 1 saturated carbocycles. The first-order valence-electron chi connectivity index (χ1n) is 11.2. The molecule has 0 spiro atoms. The van der Waals surface area contributed by atoms with E-state index in [2.05, 4.69) is 16.4 Å². The molecule has 170 valence electrons. The number of pyridine rings is 1. The van der Waals surface area contributed by atoms with Crippen LogP contribution in [0.2, 0.25) is 0 Å². The quantitative estimate of drug-likeness (QED) is 0.596. The van der Waals surface area contributed by atoms with Crippen molar-refractivity contribution < 1.29 is 9.18 Å². The summed E-state index contributed by atoms with van der Waals surface area (Å²) >= 11 is 0. The monoisotopic (exact) mass is 448 g/mol. The Morgan fingerprint density at radius 3 is 2.85 bits per heavy atom. The number of hydrogen-bond acceptors (Lipinski definition) is 5. The second-order valence-electron chi connectivity index (χ2n) is 8.92. The molecule has 2 atom stereocenters. The number of nitrogens with one attached hydrogen (secondary N) is 2. The number of amides is 1. The molecule has 0 radical (unpaired) electrons. The largest absolute Gasteiger partial charge is 0.338 e. The first-order valence-corrected chi connectivity index (χ1v) is 11.2. The van der Waals surface area contributed by atoms with E-state index < -0.39 is 6.17 Å². The number of H-pyrrole nitrogens is 1. The van der Waals surface area contributed by atoms with Crippen molar-refractivity contribution in [3.63, 3.8) is 0 Å². The van der Waals surface area contributed by atoms with Crippen molar-refractivity contribution in [3.8, 4) is 6.07 Å². The third-order valence-electron chi connectivity index (χ3n) is 6.55. The van der Waals surface area contributed by atoms with Gasteiger partial charge in [0.25, 0.3) is 11.5 Å². The van der Waals surface area contributed by atoms with Gasteiger partial charge in [0.05, 0.1) is 30.6 Å². The van der Waals surface area contributed by atoms with Crippen LogP contribution in [0.4, 0.5) is 15.9 Å². The fourth-order valence-electron chi connectivity index (χ4n) is 4.66. The average molecular weight is 449 g/mol. The van der Waals surface area contributed by atoms with E-state index in [1.807, 2.05) is 19.1 Å². The minimum atomic E-state index is -0.961. The Morgan fingerprint density at radius 2 is 2.18 bits per heavy atom. The number of aryl methyl sites for hydroxylation is 1. The van der Waals surface area contributed by atoms with Crippen molar-refractivity contribution in [2.75, 3.05) is 18.4 Å². The minimum Gasteiger partial charge on any atom is -0.338 e. The van der Waals surface area contributed by atoms with Crippen LogP contribution in [-0.2, 0) is 0 Å². The number of benzene rings is 1. The zero-order chi connectivity index (χ0) is 23.1. The van der Waals surface area contributed by atoms with Gasteiger partial charge in [-0.3, -0.25) is 14.3 Å². The van der Waals surface area contributed by atoms with Crippen molar-refractivity contribution in [1.29, 1.82) is 5.26 Å². The third-order valence-corrected chi connectivity index (χ3v) is 6.55. The lowest BCUT2D eigenvalue weighted by molar-refractivity contribution is 0.0782. The maximum Gasteiger partial charge on any atom is 0.261 e. The van der Waals surface area contributed by atoms with Crippen molar-refractivity contribution >= 4 is 28.3 Å². The number of alkyl halides is 1. The minimum absolute atomic E-state index is 0.0728. The van der Waals surface area contributed by atoms with Gasteiger partial charge in [0.1, 0.15) is 11.6 Å². The highest BCUT2D eigenvalue weighted by molar-refractivity contribution is 5.97. The van der Waals surface area contributed by atoms with E-state index in [4.69, 9.17) is 5.10 Å². The number of likely N-dealkylation sites (tertiary alicyclic amines) is 1. The summed E-state index contributed by atoms with van der Waals surface area (Å²) < 4.78 is 15.3. The van der Waals surface area contributed by atoms with Gasteiger partial charge in [-0.15, -0.1) is 0 Å². The number of carbonyl (C=O) groups is 1. The number of rotatable bonds is 6. The third kappa shape index (κ3) is 3.97. The molecule has 33 heavy (non-hydrogen) atoms. The van der Waals surface area contributed by atoms with Gasteiger partial charge >= 0.3 is 0 Å². The Morgan fingerprint density at radius 1 is 1.36 bits per heavy atom. The summed E-state index contributed by atoms with van der Waals surface area (Å²) in [6.45, 7) is 2.40. The fourth-order valence-corrected chi connectivity index (χ4v) is 4.66. The van der Waals surface area contributed by atoms with Gasteiger partial charge in [-0.1, -0.05) is 0 Å². The van der Waals surface area contributed by atoms with Crippen molar-refractivity contribution in [1.82, 2.24) is 19.7 Å². The number of nitriles is 1. The van der Waals surface area contributed by atoms with Crippen LogP contribution in [0, 0.1) is 24.2 Å². The molecule has 1 aromatic carbocycles. The molecule has 3 heterocycles. The molecule has 2 aromatic heterocycles. The van der Waals surface area contributed by atoms with E-state index in [0.717, 1.165) is 18.4 Å². The first kappa shape index (κ1) is 21.2. The van der Waals surface area contributed by atoms with Gasteiger partial charge in [0, 0.05) is 24.0 Å². The van der Waals surface area contributed by atoms with E-state index in [-0.39, 0.29) is 24.1 Å². The Hall–Kier alpha value is -3.67. The number of aromatic amines is 1. The average Bonchev–Trinajstić information content (AvgIpc) is 3.44. The molecule has 1 amide bonds. The Bertz CT molecular complexity index is 1320. The van der Waals surface area contributed by atoms with Crippen LogP contribution < -0.4 is 10.9 Å². The van der Waals surface area contributed by atoms with Gasteiger partial charge in [-0.25, -0.2) is 4.39 Å². The summed E-state index contributed by atoms with van der Waals surface area (Å²) in [6.07, 6.45) is 3.44. The zero-order valence-corrected chi connectivity index (χ0v) is 18.3. The summed E-state index contributed by atoms with van der Waals surface area (Å²) in [4.78, 5) is 29.7. The molecule has 1 saturated heterocycles. The Kier molecular flexibility index (Phi) is 5.36. The lowest BCUT2D eigenvalue weighted by atomic mass is 10.1. The van der Waals surface area contributed by atoms with Crippen LogP contribution >= 0.6 is 0 Å². The number of nitrogens with zero attached hydrogens (tertiary/aromatic N) is 4. The highest BCUT2D eigenvalue weighted by atomic mass is 19.1. The summed E-state index contributed by atoms with van der Waals surface area (Å²) in [6, 6.07) is 9.29. The van der Waals surface area contributed by atoms with E-state index in [1.54, 1.807) is 27.9 Å². The molecule has 8 nitrogen and oxygen atoms in total. The molecule has 2 fully saturated rings. The Labute approximate surface area is 190 Å². The molecule has 0 bridgehead atoms. The molecule has 5 rings (SSSR count). The fraction of sp³-hybridized carbons (Fsp3) is 0.417. The highest BCUT2D eigenvalue weighted by Gasteiger charge is 2.34. The molecule has 2 aliphatic rings. The summed E-state index contributed by atoms with van der Waals surface area (Å²) in [7, 11) is 0. The van der Waals surface area contributed by atoms with Crippen molar-refractivity contribution in [2.45, 2.75) is 44.8 Å². The van der Waals surface area contributed by atoms with E-state index in [9.17, 15) is 19.2 Å². The number of carbonyl (C=O) groups excluding carboxylic acids is 1. The molecule has 3 aromatic rings. The molecule has 1 aliphatic carbocycles.